The summed E-state index contributed by atoms with van der Waals surface area (Å²) in [5, 5.41) is 3.44. The van der Waals surface area contributed by atoms with Crippen molar-refractivity contribution in [2.75, 3.05) is 13.7 Å². The summed E-state index contributed by atoms with van der Waals surface area (Å²) in [7, 11) is 1.69. The van der Waals surface area contributed by atoms with Gasteiger partial charge in [0.25, 0.3) is 0 Å². The van der Waals surface area contributed by atoms with Crippen molar-refractivity contribution in [2.45, 2.75) is 26.3 Å². The van der Waals surface area contributed by atoms with E-state index in [1.165, 1.54) is 0 Å². The van der Waals surface area contributed by atoms with Gasteiger partial charge in [0, 0.05) is 16.9 Å². The van der Waals surface area contributed by atoms with Crippen LogP contribution in [0.4, 0.5) is 0 Å². The maximum Gasteiger partial charge on any atom is 0.145 e. The summed E-state index contributed by atoms with van der Waals surface area (Å²) in [6, 6.07) is 6.10. The van der Waals surface area contributed by atoms with Gasteiger partial charge in [-0.2, -0.15) is 0 Å². The van der Waals surface area contributed by atoms with Crippen LogP contribution in [0.25, 0.3) is 0 Å². The predicted molar refractivity (Wildman–Crippen MR) is 87.6 cm³/mol. The Bertz CT molecular complexity index is 587. The molecule has 2 rings (SSSR count). The molecule has 1 heterocycles. The molecule has 0 bridgehead atoms. The minimum absolute atomic E-state index is 0.0683. The lowest BCUT2D eigenvalue weighted by atomic mass is 10.0. The molecule has 0 radical (unpaired) electrons. The number of ether oxygens (including phenoxy) is 1. The van der Waals surface area contributed by atoms with Crippen LogP contribution in [0.2, 0.25) is 0 Å². The second-order valence-electron chi connectivity index (χ2n) is 4.89. The smallest absolute Gasteiger partial charge is 0.145 e. The molecule has 1 aromatic heterocycles. The quantitative estimate of drug-likeness (QED) is 0.867. The van der Waals surface area contributed by atoms with Crippen LogP contribution in [0.5, 0.6) is 5.75 Å². The van der Waals surface area contributed by atoms with Crippen LogP contribution in [-0.2, 0) is 6.42 Å². The molecule has 4 nitrogen and oxygen atoms in total. The van der Waals surface area contributed by atoms with Gasteiger partial charge in [0.15, 0.2) is 0 Å². The van der Waals surface area contributed by atoms with Gasteiger partial charge in [-0.3, -0.25) is 0 Å². The molecule has 0 fully saturated rings. The SMILES string of the molecule is CCNC(Cc1cc(Br)ccc1OC)c1ncc(C)cn1. The monoisotopic (exact) mass is 349 g/mol. The fourth-order valence-corrected chi connectivity index (χ4v) is 2.62. The highest BCUT2D eigenvalue weighted by molar-refractivity contribution is 9.10. The van der Waals surface area contributed by atoms with Crippen LogP contribution in [0, 0.1) is 6.92 Å². The Morgan fingerprint density at radius 1 is 1.29 bits per heavy atom. The molecular formula is C16H20BrN3O. The average molecular weight is 350 g/mol. The van der Waals surface area contributed by atoms with E-state index in [0.29, 0.717) is 0 Å². The van der Waals surface area contributed by atoms with E-state index in [1.54, 1.807) is 7.11 Å². The molecule has 0 saturated heterocycles. The van der Waals surface area contributed by atoms with E-state index in [0.717, 1.165) is 40.1 Å². The molecule has 0 spiro atoms. The number of aromatic nitrogens is 2. The van der Waals surface area contributed by atoms with Gasteiger partial charge in [-0.1, -0.05) is 22.9 Å². The van der Waals surface area contributed by atoms with Gasteiger partial charge in [-0.15, -0.1) is 0 Å². The number of methoxy groups -OCH3 is 1. The number of rotatable bonds is 6. The summed E-state index contributed by atoms with van der Waals surface area (Å²) in [5.41, 5.74) is 2.19. The van der Waals surface area contributed by atoms with E-state index in [2.05, 4.69) is 44.2 Å². The summed E-state index contributed by atoms with van der Waals surface area (Å²) in [4.78, 5) is 8.89. The Morgan fingerprint density at radius 2 is 2.00 bits per heavy atom. The highest BCUT2D eigenvalue weighted by Crippen LogP contribution is 2.27. The van der Waals surface area contributed by atoms with E-state index >= 15 is 0 Å². The van der Waals surface area contributed by atoms with Gasteiger partial charge in [0.2, 0.25) is 0 Å². The van der Waals surface area contributed by atoms with Crippen LogP contribution >= 0.6 is 15.9 Å². The fraction of sp³-hybridized carbons (Fsp3) is 0.375. The van der Waals surface area contributed by atoms with E-state index in [9.17, 15) is 0 Å². The van der Waals surface area contributed by atoms with Gasteiger partial charge in [-0.05, 0) is 49.2 Å². The lowest BCUT2D eigenvalue weighted by Gasteiger charge is -2.18. The van der Waals surface area contributed by atoms with Crippen LogP contribution in [0.3, 0.4) is 0 Å². The zero-order valence-electron chi connectivity index (χ0n) is 12.6. The second-order valence-corrected chi connectivity index (χ2v) is 5.80. The van der Waals surface area contributed by atoms with Crippen molar-refractivity contribution in [3.05, 3.63) is 52.0 Å². The van der Waals surface area contributed by atoms with Crippen LogP contribution in [0.1, 0.15) is 29.9 Å². The van der Waals surface area contributed by atoms with Crippen molar-refractivity contribution in [2.24, 2.45) is 0 Å². The Hall–Kier alpha value is -1.46. The Balaban J connectivity index is 2.27. The Kier molecular flexibility index (Phi) is 5.70. The molecular weight excluding hydrogens is 330 g/mol. The molecule has 1 N–H and O–H groups in total. The minimum atomic E-state index is 0.0683. The lowest BCUT2D eigenvalue weighted by Crippen LogP contribution is -2.25. The maximum absolute atomic E-state index is 5.44. The normalized spacial score (nSPS) is 12.2. The fourth-order valence-electron chi connectivity index (χ4n) is 2.21. The summed E-state index contributed by atoms with van der Waals surface area (Å²) in [6.07, 6.45) is 4.48. The van der Waals surface area contributed by atoms with E-state index in [1.807, 2.05) is 31.5 Å². The molecule has 0 amide bonds. The maximum atomic E-state index is 5.44. The van der Waals surface area contributed by atoms with Crippen molar-refractivity contribution in [3.8, 4) is 5.75 Å². The number of benzene rings is 1. The van der Waals surface area contributed by atoms with Crippen molar-refractivity contribution < 1.29 is 4.74 Å². The van der Waals surface area contributed by atoms with E-state index in [4.69, 9.17) is 4.74 Å². The molecule has 1 aromatic carbocycles. The third-order valence-electron chi connectivity index (χ3n) is 3.23. The van der Waals surface area contributed by atoms with Crippen molar-refractivity contribution in [1.29, 1.82) is 0 Å². The molecule has 21 heavy (non-hydrogen) atoms. The molecule has 0 aliphatic carbocycles. The number of hydrogen-bond donors (Lipinski definition) is 1. The van der Waals surface area contributed by atoms with Gasteiger partial charge < -0.3 is 10.1 Å². The number of aryl methyl sites for hydroxylation is 1. The first-order chi connectivity index (χ1) is 10.1. The highest BCUT2D eigenvalue weighted by Gasteiger charge is 2.16. The molecule has 0 saturated carbocycles. The zero-order valence-corrected chi connectivity index (χ0v) is 14.1. The van der Waals surface area contributed by atoms with Crippen molar-refractivity contribution in [1.82, 2.24) is 15.3 Å². The number of nitrogens with zero attached hydrogens (tertiary/aromatic N) is 2. The molecule has 0 aliphatic rings. The summed E-state index contributed by atoms with van der Waals surface area (Å²) in [5.74, 6) is 1.69. The first-order valence-corrected chi connectivity index (χ1v) is 7.77. The number of nitrogens with one attached hydrogen (secondary N) is 1. The molecule has 1 unspecified atom stereocenters. The van der Waals surface area contributed by atoms with Crippen molar-refractivity contribution in [3.63, 3.8) is 0 Å². The van der Waals surface area contributed by atoms with Gasteiger partial charge in [0.05, 0.1) is 13.2 Å². The number of hydrogen-bond acceptors (Lipinski definition) is 4. The van der Waals surface area contributed by atoms with Crippen LogP contribution in [-0.4, -0.2) is 23.6 Å². The predicted octanol–water partition coefficient (Wildman–Crippen LogP) is 3.45. The molecule has 2 aromatic rings. The largest absolute Gasteiger partial charge is 0.496 e. The summed E-state index contributed by atoms with van der Waals surface area (Å²) >= 11 is 3.51. The lowest BCUT2D eigenvalue weighted by molar-refractivity contribution is 0.404. The number of likely N-dealkylation sites (N-methyl/N-ethyl adjacent to an activating group) is 1. The van der Waals surface area contributed by atoms with E-state index in [-0.39, 0.29) is 6.04 Å². The zero-order chi connectivity index (χ0) is 15.2. The topological polar surface area (TPSA) is 47.0 Å². The van der Waals surface area contributed by atoms with Gasteiger partial charge in [0.1, 0.15) is 11.6 Å². The first kappa shape index (κ1) is 15.9. The molecule has 112 valence electrons. The third kappa shape index (κ3) is 4.25. The Morgan fingerprint density at radius 3 is 2.62 bits per heavy atom. The standard InChI is InChI=1S/C16H20BrN3O/c1-4-18-14(16-19-9-11(2)10-20-16)8-12-7-13(17)5-6-15(12)21-3/h5-7,9-10,14,18H,4,8H2,1-3H3. The first-order valence-electron chi connectivity index (χ1n) is 6.98. The molecule has 5 heteroatoms. The van der Waals surface area contributed by atoms with Gasteiger partial charge in [-0.25, -0.2) is 9.97 Å². The van der Waals surface area contributed by atoms with Crippen LogP contribution in [0.15, 0.2) is 35.1 Å². The van der Waals surface area contributed by atoms with Crippen molar-refractivity contribution >= 4 is 15.9 Å². The van der Waals surface area contributed by atoms with E-state index < -0.39 is 0 Å². The highest BCUT2D eigenvalue weighted by atomic mass is 79.9. The molecule has 0 aliphatic heterocycles. The van der Waals surface area contributed by atoms with Crippen LogP contribution < -0.4 is 10.1 Å². The Labute approximate surface area is 134 Å². The number of halogens is 1. The third-order valence-corrected chi connectivity index (χ3v) is 3.72. The summed E-state index contributed by atoms with van der Waals surface area (Å²) in [6.45, 7) is 4.93. The van der Waals surface area contributed by atoms with Gasteiger partial charge >= 0.3 is 0 Å². The molecule has 1 atom stereocenters. The summed E-state index contributed by atoms with van der Waals surface area (Å²) < 4.78 is 6.49. The average Bonchev–Trinajstić information content (AvgIpc) is 2.48. The second kappa shape index (κ2) is 7.52. The minimum Gasteiger partial charge on any atom is -0.496 e.